The summed E-state index contributed by atoms with van der Waals surface area (Å²) in [6, 6.07) is 0. The van der Waals surface area contributed by atoms with E-state index in [1.54, 1.807) is 14.0 Å². The van der Waals surface area contributed by atoms with E-state index in [-0.39, 0.29) is 35.7 Å². The topological polar surface area (TPSA) is 79.0 Å². The highest BCUT2D eigenvalue weighted by Crippen LogP contribution is 2.62. The summed E-state index contributed by atoms with van der Waals surface area (Å²) in [4.78, 5) is 41.3. The Labute approximate surface area is 168 Å². The van der Waals surface area contributed by atoms with E-state index in [0.717, 1.165) is 25.7 Å². The van der Waals surface area contributed by atoms with E-state index in [0.29, 0.717) is 38.6 Å². The summed E-state index contributed by atoms with van der Waals surface area (Å²) >= 11 is 0. The molecule has 3 fully saturated rings. The lowest BCUT2D eigenvalue weighted by Gasteiger charge is -2.44. The van der Waals surface area contributed by atoms with Crippen LogP contribution in [0.4, 0.5) is 0 Å². The average molecular weight is 394 g/mol. The van der Waals surface area contributed by atoms with Crippen molar-refractivity contribution in [1.29, 1.82) is 0 Å². The predicted octanol–water partition coefficient (Wildman–Crippen LogP) is 1.27. The van der Waals surface area contributed by atoms with Gasteiger partial charge < -0.3 is 19.9 Å². The number of methoxy groups -OCH3 is 1. The summed E-state index contributed by atoms with van der Waals surface area (Å²) in [5.41, 5.74) is -0.428. The minimum Gasteiger partial charge on any atom is -0.375 e. The summed E-state index contributed by atoms with van der Waals surface area (Å²) in [5.74, 6) is 0.774. The summed E-state index contributed by atoms with van der Waals surface area (Å²) in [6.45, 7) is 9.19. The van der Waals surface area contributed by atoms with Gasteiger partial charge >= 0.3 is 0 Å². The number of nitrogens with zero attached hydrogens (tertiary/aromatic N) is 2. The van der Waals surface area contributed by atoms with Gasteiger partial charge in [0.25, 0.3) is 0 Å². The minimum absolute atomic E-state index is 0.0353. The van der Waals surface area contributed by atoms with Gasteiger partial charge in [-0.2, -0.15) is 0 Å². The Kier molecular flexibility index (Phi) is 6.03. The molecule has 1 aliphatic carbocycles. The van der Waals surface area contributed by atoms with Crippen molar-refractivity contribution in [2.45, 2.75) is 46.5 Å². The third kappa shape index (κ3) is 3.65. The van der Waals surface area contributed by atoms with Crippen molar-refractivity contribution in [2.75, 3.05) is 46.4 Å². The van der Waals surface area contributed by atoms with E-state index in [4.69, 9.17) is 4.74 Å². The number of rotatable bonds is 5. The Hall–Kier alpha value is -1.63. The lowest BCUT2D eigenvalue weighted by atomic mass is 9.65. The van der Waals surface area contributed by atoms with Crippen LogP contribution in [-0.4, -0.2) is 74.0 Å². The molecule has 158 valence electrons. The van der Waals surface area contributed by atoms with E-state index in [9.17, 15) is 14.4 Å². The Morgan fingerprint density at radius 1 is 1.11 bits per heavy atom. The second kappa shape index (κ2) is 8.01. The molecule has 2 atom stereocenters. The molecule has 0 unspecified atom stereocenters. The number of likely N-dealkylation sites (tertiary alicyclic amines) is 2. The molecular weight excluding hydrogens is 358 g/mol. The number of nitrogens with one attached hydrogen (secondary N) is 1. The number of fused-ring (bicyclic) bond motifs is 2. The highest BCUT2D eigenvalue weighted by atomic mass is 16.5. The van der Waals surface area contributed by atoms with Gasteiger partial charge in [-0.3, -0.25) is 14.4 Å². The molecule has 1 N–H and O–H groups in total. The van der Waals surface area contributed by atoms with Crippen molar-refractivity contribution in [3.8, 4) is 0 Å². The highest BCUT2D eigenvalue weighted by molar-refractivity contribution is 5.86. The fourth-order valence-corrected chi connectivity index (χ4v) is 5.66. The molecule has 2 heterocycles. The third-order valence-corrected chi connectivity index (χ3v) is 7.30. The zero-order valence-electron chi connectivity index (χ0n) is 17.8. The standard InChI is InChI=1S/C21H35N3O4/c1-15(2)11-22-19(27)21-6-5-20(17(21)12-24(14-21)16(3)25)7-9-23(10-8-20)18(26)13-28-4/h15,17H,5-14H2,1-4H3,(H,22,27)/t17-,21+/m0/s1. The molecule has 1 saturated carbocycles. The van der Waals surface area contributed by atoms with E-state index in [1.807, 2.05) is 9.80 Å². The third-order valence-electron chi connectivity index (χ3n) is 7.30. The first kappa shape index (κ1) is 21.1. The molecule has 1 spiro atoms. The molecule has 7 nitrogen and oxygen atoms in total. The van der Waals surface area contributed by atoms with Gasteiger partial charge in [0.05, 0.1) is 5.41 Å². The first-order valence-corrected chi connectivity index (χ1v) is 10.5. The van der Waals surface area contributed by atoms with E-state index >= 15 is 0 Å². The number of hydrogen-bond donors (Lipinski definition) is 1. The van der Waals surface area contributed by atoms with Crippen molar-refractivity contribution in [3.05, 3.63) is 0 Å². The van der Waals surface area contributed by atoms with Gasteiger partial charge in [-0.1, -0.05) is 13.8 Å². The predicted molar refractivity (Wildman–Crippen MR) is 105 cm³/mol. The minimum atomic E-state index is -0.473. The molecule has 0 aromatic rings. The molecule has 7 heteroatoms. The van der Waals surface area contributed by atoms with Gasteiger partial charge in [0.2, 0.25) is 17.7 Å². The molecule has 3 amide bonds. The van der Waals surface area contributed by atoms with Crippen LogP contribution in [0.3, 0.4) is 0 Å². The van der Waals surface area contributed by atoms with Gasteiger partial charge in [-0.25, -0.2) is 0 Å². The number of piperidine rings is 1. The molecule has 2 saturated heterocycles. The molecule has 3 rings (SSSR count). The van der Waals surface area contributed by atoms with Gasteiger partial charge in [-0.05, 0) is 42.9 Å². The van der Waals surface area contributed by atoms with Gasteiger partial charge in [0.15, 0.2) is 0 Å². The molecule has 0 radical (unpaired) electrons. The second-order valence-electron chi connectivity index (χ2n) is 9.39. The Morgan fingerprint density at radius 3 is 2.36 bits per heavy atom. The van der Waals surface area contributed by atoms with Crippen LogP contribution in [0.25, 0.3) is 0 Å². The zero-order valence-corrected chi connectivity index (χ0v) is 17.8. The zero-order chi connectivity index (χ0) is 20.5. The lowest BCUT2D eigenvalue weighted by Crippen LogP contribution is -2.50. The number of ether oxygens (including phenoxy) is 1. The number of carbonyl (C=O) groups excluding carboxylic acids is 3. The maximum atomic E-state index is 13.3. The van der Waals surface area contributed by atoms with Crippen LogP contribution in [0.2, 0.25) is 0 Å². The van der Waals surface area contributed by atoms with Crippen LogP contribution >= 0.6 is 0 Å². The largest absolute Gasteiger partial charge is 0.375 e. The molecule has 3 aliphatic rings. The van der Waals surface area contributed by atoms with Gasteiger partial charge in [0, 0.05) is 46.8 Å². The van der Waals surface area contributed by atoms with Crippen LogP contribution in [-0.2, 0) is 19.1 Å². The smallest absolute Gasteiger partial charge is 0.248 e. The van der Waals surface area contributed by atoms with Gasteiger partial charge in [0.1, 0.15) is 6.61 Å². The molecule has 0 aromatic carbocycles. The molecule has 0 aromatic heterocycles. The summed E-state index contributed by atoms with van der Waals surface area (Å²) < 4.78 is 4.99. The molecule has 28 heavy (non-hydrogen) atoms. The van der Waals surface area contributed by atoms with Crippen LogP contribution in [0, 0.1) is 22.7 Å². The van der Waals surface area contributed by atoms with Crippen LogP contribution in [0.5, 0.6) is 0 Å². The van der Waals surface area contributed by atoms with Crippen LogP contribution in [0.15, 0.2) is 0 Å². The number of carbonyl (C=O) groups is 3. The Balaban J connectivity index is 1.78. The highest BCUT2D eigenvalue weighted by Gasteiger charge is 2.64. The maximum Gasteiger partial charge on any atom is 0.248 e. The maximum absolute atomic E-state index is 13.3. The molecular formula is C21H35N3O4. The quantitative estimate of drug-likeness (QED) is 0.763. The first-order valence-electron chi connectivity index (χ1n) is 10.5. The van der Waals surface area contributed by atoms with Crippen molar-refractivity contribution < 1.29 is 19.1 Å². The van der Waals surface area contributed by atoms with E-state index in [1.165, 1.54) is 0 Å². The SMILES string of the molecule is COCC(=O)N1CCC2(CC1)CC[C@@]1(C(=O)NCC(C)C)CN(C(C)=O)C[C@@H]21. The van der Waals surface area contributed by atoms with Crippen molar-refractivity contribution >= 4 is 17.7 Å². The normalized spacial score (nSPS) is 28.7. The first-order chi connectivity index (χ1) is 13.2. The summed E-state index contributed by atoms with van der Waals surface area (Å²) in [7, 11) is 1.54. The summed E-state index contributed by atoms with van der Waals surface area (Å²) in [5, 5.41) is 3.15. The van der Waals surface area contributed by atoms with Crippen molar-refractivity contribution in [1.82, 2.24) is 15.1 Å². The molecule has 2 aliphatic heterocycles. The van der Waals surface area contributed by atoms with E-state index < -0.39 is 5.41 Å². The number of hydrogen-bond acceptors (Lipinski definition) is 4. The van der Waals surface area contributed by atoms with Crippen LogP contribution in [0.1, 0.15) is 46.5 Å². The van der Waals surface area contributed by atoms with Crippen molar-refractivity contribution in [2.24, 2.45) is 22.7 Å². The van der Waals surface area contributed by atoms with Crippen LogP contribution < -0.4 is 5.32 Å². The summed E-state index contributed by atoms with van der Waals surface area (Å²) in [6.07, 6.45) is 3.64. The second-order valence-corrected chi connectivity index (χ2v) is 9.39. The molecule has 0 bridgehead atoms. The average Bonchev–Trinajstić information content (AvgIpc) is 3.18. The van der Waals surface area contributed by atoms with Crippen molar-refractivity contribution in [3.63, 3.8) is 0 Å². The fourth-order valence-electron chi connectivity index (χ4n) is 5.66. The fraction of sp³-hybridized carbons (Fsp3) is 0.857. The van der Waals surface area contributed by atoms with Gasteiger partial charge in [-0.15, -0.1) is 0 Å². The Bertz CT molecular complexity index is 627. The van der Waals surface area contributed by atoms with E-state index in [2.05, 4.69) is 19.2 Å². The lowest BCUT2D eigenvalue weighted by molar-refractivity contribution is -0.139. The Morgan fingerprint density at radius 2 is 1.79 bits per heavy atom. The monoisotopic (exact) mass is 393 g/mol. The number of amides is 3.